The number of esters is 1. The first-order valence-corrected chi connectivity index (χ1v) is 8.69. The van der Waals surface area contributed by atoms with Gasteiger partial charge >= 0.3 is 5.97 Å². The van der Waals surface area contributed by atoms with Crippen molar-refractivity contribution in [3.05, 3.63) is 0 Å². The maximum atomic E-state index is 11.0. The van der Waals surface area contributed by atoms with Gasteiger partial charge in [0.1, 0.15) is 8.24 Å². The lowest BCUT2D eigenvalue weighted by Gasteiger charge is -2.29. The standard InChI is InChI=1S/C10H23NO2Si/c1-6-13-10(12)8-7-9-11(2)14(3,4)5/h6-9H2,1-5H3. The molecule has 0 saturated heterocycles. The van der Waals surface area contributed by atoms with Gasteiger partial charge < -0.3 is 9.30 Å². The number of carbonyl (C=O) groups excluding carboxylic acids is 1. The summed E-state index contributed by atoms with van der Waals surface area (Å²) in [5.41, 5.74) is 0. The second-order valence-electron chi connectivity index (χ2n) is 4.50. The molecule has 0 unspecified atom stereocenters. The molecule has 0 aromatic rings. The maximum Gasteiger partial charge on any atom is 0.305 e. The molecule has 0 aliphatic carbocycles. The number of hydrogen-bond acceptors (Lipinski definition) is 3. The molecule has 0 amide bonds. The molecule has 0 aliphatic heterocycles. The van der Waals surface area contributed by atoms with Gasteiger partial charge in [-0.25, -0.2) is 0 Å². The lowest BCUT2D eigenvalue weighted by Crippen LogP contribution is -2.43. The Morgan fingerprint density at radius 1 is 1.36 bits per heavy atom. The van der Waals surface area contributed by atoms with Crippen LogP contribution in [0, 0.1) is 0 Å². The summed E-state index contributed by atoms with van der Waals surface area (Å²) < 4.78 is 7.24. The summed E-state index contributed by atoms with van der Waals surface area (Å²) in [6.07, 6.45) is 1.45. The Morgan fingerprint density at radius 3 is 2.36 bits per heavy atom. The summed E-state index contributed by atoms with van der Waals surface area (Å²) in [7, 11) is 0.966. The van der Waals surface area contributed by atoms with Crippen LogP contribution in [0.1, 0.15) is 19.8 Å². The number of rotatable bonds is 6. The summed E-state index contributed by atoms with van der Waals surface area (Å²) in [6, 6.07) is 0. The minimum atomic E-state index is -1.17. The van der Waals surface area contributed by atoms with Gasteiger partial charge in [-0.3, -0.25) is 4.79 Å². The van der Waals surface area contributed by atoms with Gasteiger partial charge in [0.05, 0.1) is 6.61 Å². The van der Waals surface area contributed by atoms with E-state index in [0.29, 0.717) is 13.0 Å². The molecule has 0 heterocycles. The predicted octanol–water partition coefficient (Wildman–Crippen LogP) is 2.10. The topological polar surface area (TPSA) is 29.5 Å². The van der Waals surface area contributed by atoms with Crippen LogP contribution in [-0.4, -0.2) is 39.0 Å². The Bertz CT molecular complexity index is 177. The minimum absolute atomic E-state index is 0.0727. The molecule has 3 nitrogen and oxygen atoms in total. The predicted molar refractivity (Wildman–Crippen MR) is 61.8 cm³/mol. The highest BCUT2D eigenvalue weighted by molar-refractivity contribution is 6.73. The van der Waals surface area contributed by atoms with Crippen LogP contribution in [0.5, 0.6) is 0 Å². The Morgan fingerprint density at radius 2 is 1.93 bits per heavy atom. The zero-order valence-corrected chi connectivity index (χ0v) is 11.1. The van der Waals surface area contributed by atoms with Crippen LogP contribution in [0.4, 0.5) is 0 Å². The Balaban J connectivity index is 3.59. The van der Waals surface area contributed by atoms with Crippen LogP contribution in [0.2, 0.25) is 19.6 Å². The van der Waals surface area contributed by atoms with Gasteiger partial charge in [0.15, 0.2) is 0 Å². The fourth-order valence-electron chi connectivity index (χ4n) is 1.03. The highest BCUT2D eigenvalue weighted by atomic mass is 28.3. The van der Waals surface area contributed by atoms with Crippen LogP contribution in [0.25, 0.3) is 0 Å². The maximum absolute atomic E-state index is 11.0. The molecule has 0 N–H and O–H groups in total. The molecule has 0 atom stereocenters. The van der Waals surface area contributed by atoms with Crippen LogP contribution in [0.3, 0.4) is 0 Å². The van der Waals surface area contributed by atoms with E-state index in [1.165, 1.54) is 0 Å². The molecule has 84 valence electrons. The number of carbonyl (C=O) groups is 1. The summed E-state index contributed by atoms with van der Waals surface area (Å²) in [6.45, 7) is 10.2. The Labute approximate surface area is 88.5 Å². The monoisotopic (exact) mass is 217 g/mol. The molecule has 14 heavy (non-hydrogen) atoms. The molecule has 0 aromatic carbocycles. The van der Waals surface area contributed by atoms with Crippen molar-refractivity contribution in [3.63, 3.8) is 0 Å². The molecule has 0 aliphatic rings. The number of nitrogens with zero attached hydrogens (tertiary/aromatic N) is 1. The first-order valence-electron chi connectivity index (χ1n) is 5.24. The third-order valence-electron chi connectivity index (χ3n) is 2.32. The SMILES string of the molecule is CCOC(=O)CCCN(C)[Si](C)(C)C. The van der Waals surface area contributed by atoms with E-state index >= 15 is 0 Å². The summed E-state index contributed by atoms with van der Waals surface area (Å²) in [4.78, 5) is 11.0. The van der Waals surface area contributed by atoms with Crippen LogP contribution in [0.15, 0.2) is 0 Å². The van der Waals surface area contributed by atoms with Crippen LogP contribution < -0.4 is 0 Å². The average Bonchev–Trinajstić information content (AvgIpc) is 2.02. The molecule has 0 spiro atoms. The lowest BCUT2D eigenvalue weighted by atomic mass is 10.3. The summed E-state index contributed by atoms with van der Waals surface area (Å²) in [5.74, 6) is -0.0727. The molecule has 0 bridgehead atoms. The van der Waals surface area contributed by atoms with Crippen LogP contribution in [-0.2, 0) is 9.53 Å². The highest BCUT2D eigenvalue weighted by Gasteiger charge is 2.19. The van der Waals surface area contributed by atoms with Gasteiger partial charge in [-0.2, -0.15) is 0 Å². The Kier molecular flexibility index (Phi) is 6.03. The lowest BCUT2D eigenvalue weighted by molar-refractivity contribution is -0.143. The van der Waals surface area contributed by atoms with Crippen molar-refractivity contribution < 1.29 is 9.53 Å². The molecule has 0 fully saturated rings. The Hall–Kier alpha value is -0.353. The first-order chi connectivity index (χ1) is 6.38. The van der Waals surface area contributed by atoms with E-state index in [-0.39, 0.29) is 5.97 Å². The first kappa shape index (κ1) is 13.6. The quantitative estimate of drug-likeness (QED) is 0.504. The van der Waals surface area contributed by atoms with Crippen molar-refractivity contribution in [1.29, 1.82) is 0 Å². The van der Waals surface area contributed by atoms with Crippen LogP contribution >= 0.6 is 0 Å². The van der Waals surface area contributed by atoms with Crippen molar-refractivity contribution in [2.45, 2.75) is 39.4 Å². The molecular formula is C10H23NO2Si. The van der Waals surface area contributed by atoms with Crippen molar-refractivity contribution in [3.8, 4) is 0 Å². The highest BCUT2D eigenvalue weighted by Crippen LogP contribution is 2.07. The third kappa shape index (κ3) is 6.15. The average molecular weight is 217 g/mol. The van der Waals surface area contributed by atoms with Crippen molar-refractivity contribution in [2.24, 2.45) is 0 Å². The fourth-order valence-corrected chi connectivity index (χ4v) is 1.86. The minimum Gasteiger partial charge on any atom is -0.466 e. The summed E-state index contributed by atoms with van der Waals surface area (Å²) in [5, 5.41) is 0. The van der Waals surface area contributed by atoms with E-state index in [1.54, 1.807) is 0 Å². The molecule has 0 aromatic heterocycles. The zero-order chi connectivity index (χ0) is 11.2. The van der Waals surface area contributed by atoms with Crippen molar-refractivity contribution >= 4 is 14.2 Å². The molecule has 0 rings (SSSR count). The molecule has 0 saturated carbocycles. The smallest absolute Gasteiger partial charge is 0.305 e. The molecular weight excluding hydrogens is 194 g/mol. The van der Waals surface area contributed by atoms with Crippen molar-refractivity contribution in [1.82, 2.24) is 4.57 Å². The van der Waals surface area contributed by atoms with E-state index < -0.39 is 8.24 Å². The van der Waals surface area contributed by atoms with Gasteiger partial charge in [0, 0.05) is 6.42 Å². The fraction of sp³-hybridized carbons (Fsp3) is 0.900. The summed E-state index contributed by atoms with van der Waals surface area (Å²) >= 11 is 0. The number of ether oxygens (including phenoxy) is 1. The second-order valence-corrected chi connectivity index (χ2v) is 9.61. The van der Waals surface area contributed by atoms with Crippen molar-refractivity contribution in [2.75, 3.05) is 20.2 Å². The third-order valence-corrected chi connectivity index (χ3v) is 4.84. The van der Waals surface area contributed by atoms with Gasteiger partial charge in [-0.1, -0.05) is 19.6 Å². The molecule has 0 radical (unpaired) electrons. The van der Waals surface area contributed by atoms with Gasteiger partial charge in [0.2, 0.25) is 0 Å². The van der Waals surface area contributed by atoms with E-state index in [4.69, 9.17) is 4.74 Å². The number of hydrogen-bond donors (Lipinski definition) is 0. The largest absolute Gasteiger partial charge is 0.466 e. The van der Waals surface area contributed by atoms with Gasteiger partial charge in [-0.05, 0) is 26.9 Å². The van der Waals surface area contributed by atoms with Gasteiger partial charge in [0.25, 0.3) is 0 Å². The van der Waals surface area contributed by atoms with E-state index in [2.05, 4.69) is 31.3 Å². The van der Waals surface area contributed by atoms with E-state index in [1.807, 2.05) is 6.92 Å². The molecule has 4 heteroatoms. The normalized spacial score (nSPS) is 11.9. The van der Waals surface area contributed by atoms with E-state index in [0.717, 1.165) is 13.0 Å². The second kappa shape index (κ2) is 6.19. The van der Waals surface area contributed by atoms with E-state index in [9.17, 15) is 4.79 Å². The zero-order valence-electron chi connectivity index (χ0n) is 10.1. The van der Waals surface area contributed by atoms with Gasteiger partial charge in [-0.15, -0.1) is 0 Å².